The number of hydrogen-bond donors (Lipinski definition) is 2. The molecule has 0 saturated heterocycles. The van der Waals surface area contributed by atoms with Crippen LogP contribution >= 0.6 is 34.5 Å². The van der Waals surface area contributed by atoms with E-state index in [1.165, 1.54) is 18.3 Å². The molecule has 2 N–H and O–H groups in total. The van der Waals surface area contributed by atoms with Gasteiger partial charge in [-0.1, -0.05) is 23.2 Å². The number of carbonyl (C=O) groups is 2. The predicted octanol–water partition coefficient (Wildman–Crippen LogP) is 4.50. The first-order valence-corrected chi connectivity index (χ1v) is 12.0. The van der Waals surface area contributed by atoms with Crippen molar-refractivity contribution in [2.24, 2.45) is 5.92 Å². The molecule has 3 heterocycles. The Bertz CT molecular complexity index is 1160. The highest BCUT2D eigenvalue weighted by molar-refractivity contribution is 7.10. The predicted molar refractivity (Wildman–Crippen MR) is 126 cm³/mol. The van der Waals surface area contributed by atoms with Crippen molar-refractivity contribution >= 4 is 46.4 Å². The smallest absolute Gasteiger partial charge is 0.255 e. The van der Waals surface area contributed by atoms with Crippen LogP contribution < -0.4 is 10.6 Å². The van der Waals surface area contributed by atoms with Crippen LogP contribution in [0, 0.1) is 5.92 Å². The van der Waals surface area contributed by atoms with Crippen molar-refractivity contribution in [1.82, 2.24) is 25.4 Å². The second-order valence-corrected chi connectivity index (χ2v) is 9.65. The molecular formula is C22H23Cl2N5O2S. The minimum atomic E-state index is -0.276. The summed E-state index contributed by atoms with van der Waals surface area (Å²) in [5.41, 5.74) is 3.02. The number of carbonyl (C=O) groups excluding carboxylic acids is 2. The van der Waals surface area contributed by atoms with Gasteiger partial charge in [0.05, 0.1) is 34.2 Å². The zero-order valence-electron chi connectivity index (χ0n) is 17.7. The number of thiazole rings is 1. The first kappa shape index (κ1) is 22.8. The number of aryl methyl sites for hydroxylation is 1. The summed E-state index contributed by atoms with van der Waals surface area (Å²) in [6.07, 6.45) is 3.24. The Hall–Kier alpha value is -2.42. The molecule has 2 amide bonds. The summed E-state index contributed by atoms with van der Waals surface area (Å²) in [4.78, 5) is 28.9. The van der Waals surface area contributed by atoms with E-state index >= 15 is 0 Å². The van der Waals surface area contributed by atoms with Crippen LogP contribution in [0.1, 0.15) is 47.4 Å². The Labute approximate surface area is 200 Å². The fraction of sp³-hybridized carbons (Fsp3) is 0.364. The molecule has 1 aromatic carbocycles. The van der Waals surface area contributed by atoms with E-state index < -0.39 is 0 Å². The Balaban J connectivity index is 1.45. The number of amides is 2. The van der Waals surface area contributed by atoms with Crippen molar-refractivity contribution < 1.29 is 9.59 Å². The first-order chi connectivity index (χ1) is 15.3. The van der Waals surface area contributed by atoms with Gasteiger partial charge in [-0.2, -0.15) is 5.10 Å². The van der Waals surface area contributed by atoms with E-state index in [1.807, 2.05) is 23.1 Å². The number of halogens is 2. The lowest BCUT2D eigenvalue weighted by Gasteiger charge is -2.24. The van der Waals surface area contributed by atoms with Crippen LogP contribution in [0.2, 0.25) is 10.0 Å². The SMILES string of the molecule is CC(=O)NCC1CCn2ncc(C(=O)NC(C)c3nc(-c4ccc(Cl)cc4Cl)cs3)c2C1. The largest absolute Gasteiger partial charge is 0.356 e. The molecule has 0 radical (unpaired) electrons. The number of hydrogen-bond acceptors (Lipinski definition) is 5. The van der Waals surface area contributed by atoms with E-state index in [0.29, 0.717) is 28.6 Å². The molecule has 7 nitrogen and oxygen atoms in total. The molecule has 168 valence electrons. The standard InChI is InChI=1S/C22H23Cl2N5O2S/c1-12(22-28-19(11-32-22)16-4-3-15(23)8-18(16)24)27-21(31)17-10-26-29-6-5-14(7-20(17)29)9-25-13(2)30/h3-4,8,10-12,14H,5-7,9H2,1-2H3,(H,25,30)(H,27,31). The summed E-state index contributed by atoms with van der Waals surface area (Å²) in [6, 6.07) is 5.02. The van der Waals surface area contributed by atoms with Gasteiger partial charge in [0.2, 0.25) is 5.91 Å². The van der Waals surface area contributed by atoms with Gasteiger partial charge in [0.25, 0.3) is 5.91 Å². The highest BCUT2D eigenvalue weighted by Gasteiger charge is 2.26. The molecule has 0 spiro atoms. The summed E-state index contributed by atoms with van der Waals surface area (Å²) in [7, 11) is 0. The van der Waals surface area contributed by atoms with Crippen LogP contribution in [-0.2, 0) is 17.8 Å². The molecule has 4 rings (SSSR count). The Morgan fingerprint density at radius 2 is 2.16 bits per heavy atom. The summed E-state index contributed by atoms with van der Waals surface area (Å²) in [6.45, 7) is 4.75. The molecule has 1 aliphatic heterocycles. The fourth-order valence-electron chi connectivity index (χ4n) is 3.79. The van der Waals surface area contributed by atoms with Crippen molar-refractivity contribution in [3.8, 4) is 11.3 Å². The fourth-order valence-corrected chi connectivity index (χ4v) is 5.13. The molecule has 2 atom stereocenters. The minimum Gasteiger partial charge on any atom is -0.356 e. The third-order valence-corrected chi connectivity index (χ3v) is 7.09. The van der Waals surface area contributed by atoms with Gasteiger partial charge in [-0.15, -0.1) is 11.3 Å². The van der Waals surface area contributed by atoms with E-state index in [9.17, 15) is 9.59 Å². The van der Waals surface area contributed by atoms with E-state index in [4.69, 9.17) is 23.2 Å². The second-order valence-electron chi connectivity index (χ2n) is 7.91. The molecule has 1 aliphatic rings. The zero-order valence-corrected chi connectivity index (χ0v) is 20.0. The van der Waals surface area contributed by atoms with Crippen LogP contribution in [0.4, 0.5) is 0 Å². The normalized spacial score (nSPS) is 16.3. The van der Waals surface area contributed by atoms with E-state index in [1.54, 1.807) is 18.3 Å². The number of nitrogens with one attached hydrogen (secondary N) is 2. The molecular weight excluding hydrogens is 469 g/mol. The minimum absolute atomic E-state index is 0.0430. The average molecular weight is 492 g/mol. The quantitative estimate of drug-likeness (QED) is 0.530. The topological polar surface area (TPSA) is 88.9 Å². The van der Waals surface area contributed by atoms with Gasteiger partial charge in [-0.25, -0.2) is 4.98 Å². The maximum Gasteiger partial charge on any atom is 0.255 e. The van der Waals surface area contributed by atoms with Crippen molar-refractivity contribution in [2.75, 3.05) is 6.54 Å². The van der Waals surface area contributed by atoms with Crippen LogP contribution in [0.3, 0.4) is 0 Å². The maximum absolute atomic E-state index is 13.0. The first-order valence-electron chi connectivity index (χ1n) is 10.3. The van der Waals surface area contributed by atoms with Crippen molar-refractivity contribution in [1.29, 1.82) is 0 Å². The van der Waals surface area contributed by atoms with E-state index in [-0.39, 0.29) is 23.8 Å². The molecule has 2 aromatic heterocycles. The number of rotatable bonds is 6. The lowest BCUT2D eigenvalue weighted by Crippen LogP contribution is -2.33. The number of fused-ring (bicyclic) bond motifs is 1. The molecule has 3 aromatic rings. The van der Waals surface area contributed by atoms with Gasteiger partial charge in [0.1, 0.15) is 5.01 Å². The average Bonchev–Trinajstić information content (AvgIpc) is 3.39. The van der Waals surface area contributed by atoms with E-state index in [0.717, 1.165) is 34.9 Å². The van der Waals surface area contributed by atoms with Gasteiger partial charge < -0.3 is 10.6 Å². The molecule has 0 bridgehead atoms. The highest BCUT2D eigenvalue weighted by Crippen LogP contribution is 2.32. The summed E-state index contributed by atoms with van der Waals surface area (Å²) in [5.74, 6) is 0.0662. The third kappa shape index (κ3) is 4.98. The number of aromatic nitrogens is 3. The Morgan fingerprint density at radius 1 is 1.34 bits per heavy atom. The van der Waals surface area contributed by atoms with Gasteiger partial charge in [-0.3, -0.25) is 14.3 Å². The number of nitrogens with zero attached hydrogens (tertiary/aromatic N) is 3. The van der Waals surface area contributed by atoms with Crippen molar-refractivity contribution in [2.45, 2.75) is 39.3 Å². The van der Waals surface area contributed by atoms with Gasteiger partial charge >= 0.3 is 0 Å². The molecule has 0 saturated carbocycles. The third-order valence-electron chi connectivity index (χ3n) is 5.51. The summed E-state index contributed by atoms with van der Waals surface area (Å²) in [5, 5.41) is 14.1. The van der Waals surface area contributed by atoms with Crippen LogP contribution in [0.5, 0.6) is 0 Å². The van der Waals surface area contributed by atoms with Crippen molar-refractivity contribution in [3.05, 3.63) is 56.1 Å². The highest BCUT2D eigenvalue weighted by atomic mass is 35.5. The van der Waals surface area contributed by atoms with Gasteiger partial charge in [0.15, 0.2) is 0 Å². The molecule has 0 fully saturated rings. The molecule has 0 aliphatic carbocycles. The zero-order chi connectivity index (χ0) is 22.8. The van der Waals surface area contributed by atoms with Gasteiger partial charge in [-0.05, 0) is 43.9 Å². The molecule has 32 heavy (non-hydrogen) atoms. The van der Waals surface area contributed by atoms with Gasteiger partial charge in [0, 0.05) is 36.0 Å². The Kier molecular flexibility index (Phi) is 6.83. The number of benzene rings is 1. The lowest BCUT2D eigenvalue weighted by atomic mass is 9.94. The molecule has 2 unspecified atom stereocenters. The van der Waals surface area contributed by atoms with Crippen LogP contribution in [-0.4, -0.2) is 33.1 Å². The monoisotopic (exact) mass is 491 g/mol. The lowest BCUT2D eigenvalue weighted by molar-refractivity contribution is -0.119. The second kappa shape index (κ2) is 9.60. The molecule has 10 heteroatoms. The van der Waals surface area contributed by atoms with E-state index in [2.05, 4.69) is 20.7 Å². The summed E-state index contributed by atoms with van der Waals surface area (Å²) < 4.78 is 1.88. The Morgan fingerprint density at radius 3 is 2.91 bits per heavy atom. The van der Waals surface area contributed by atoms with Crippen LogP contribution in [0.15, 0.2) is 29.8 Å². The summed E-state index contributed by atoms with van der Waals surface area (Å²) >= 11 is 13.7. The van der Waals surface area contributed by atoms with Crippen LogP contribution in [0.25, 0.3) is 11.3 Å². The van der Waals surface area contributed by atoms with Crippen molar-refractivity contribution in [3.63, 3.8) is 0 Å². The maximum atomic E-state index is 13.0.